The van der Waals surface area contributed by atoms with Gasteiger partial charge in [0, 0.05) is 12.1 Å². The number of carbonyl (C=O) groups is 3. The number of rotatable bonds is 10. The van der Waals surface area contributed by atoms with Crippen molar-refractivity contribution in [2.45, 2.75) is 63.5 Å². The molecule has 0 spiro atoms. The molecule has 0 aromatic heterocycles. The van der Waals surface area contributed by atoms with Gasteiger partial charge < -0.3 is 26.2 Å². The van der Waals surface area contributed by atoms with Crippen molar-refractivity contribution in [2.24, 2.45) is 5.92 Å². The van der Waals surface area contributed by atoms with Crippen molar-refractivity contribution in [1.29, 1.82) is 0 Å². The molecule has 2 atom stereocenters. The lowest BCUT2D eigenvalue weighted by Crippen LogP contribution is -2.51. The molecule has 8 heteroatoms. The second-order valence-electron chi connectivity index (χ2n) is 7.58. The van der Waals surface area contributed by atoms with E-state index in [0.29, 0.717) is 18.0 Å². The maximum Gasteiger partial charge on any atom is 0.405 e. The van der Waals surface area contributed by atoms with Crippen LogP contribution in [0.15, 0.2) is 30.3 Å². The smallest absolute Gasteiger partial charge is 0.405 e. The predicted molar refractivity (Wildman–Crippen MR) is 109 cm³/mol. The third-order valence-corrected chi connectivity index (χ3v) is 5.25. The summed E-state index contributed by atoms with van der Waals surface area (Å²) in [6.07, 6.45) is 4.95. The standard InChI is InChI=1S/C21H31N3O5/c25-14-17(11-12-19(26)22-16-9-5-2-6-10-16)23-20(27)18(24-21(28)29)13-15-7-3-1-4-8-15/h2,5-6,9-10,15,17-18,24-25H,1,3-4,7-8,11-14H2,(H,22,26)(H,23,27)(H,28,29). The average Bonchev–Trinajstić information content (AvgIpc) is 2.71. The quantitative estimate of drug-likeness (QED) is 0.409. The van der Waals surface area contributed by atoms with Gasteiger partial charge in [-0.1, -0.05) is 50.3 Å². The number of nitrogens with one attached hydrogen (secondary N) is 3. The molecule has 0 bridgehead atoms. The molecule has 1 aromatic rings. The van der Waals surface area contributed by atoms with E-state index in [1.165, 1.54) is 6.42 Å². The summed E-state index contributed by atoms with van der Waals surface area (Å²) in [6.45, 7) is -0.326. The first-order valence-corrected chi connectivity index (χ1v) is 10.2. The number of hydrogen-bond donors (Lipinski definition) is 5. The number of aliphatic hydroxyl groups excluding tert-OH is 1. The van der Waals surface area contributed by atoms with Gasteiger partial charge in [-0.15, -0.1) is 0 Å². The highest BCUT2D eigenvalue weighted by atomic mass is 16.4. The molecule has 0 heterocycles. The Bertz CT molecular complexity index is 662. The van der Waals surface area contributed by atoms with Crippen LogP contribution in [0.3, 0.4) is 0 Å². The number of benzene rings is 1. The van der Waals surface area contributed by atoms with Gasteiger partial charge in [0.2, 0.25) is 11.8 Å². The Balaban J connectivity index is 1.84. The van der Waals surface area contributed by atoms with Crippen LogP contribution in [0.25, 0.3) is 0 Å². The molecule has 0 aliphatic heterocycles. The molecule has 29 heavy (non-hydrogen) atoms. The summed E-state index contributed by atoms with van der Waals surface area (Å²) in [6, 6.07) is 7.55. The molecular formula is C21H31N3O5. The van der Waals surface area contributed by atoms with E-state index in [1.807, 2.05) is 18.2 Å². The molecule has 1 saturated carbocycles. The van der Waals surface area contributed by atoms with Crippen LogP contribution in [0.4, 0.5) is 10.5 Å². The first kappa shape index (κ1) is 22.7. The molecule has 2 rings (SSSR count). The van der Waals surface area contributed by atoms with Crippen LogP contribution in [0.1, 0.15) is 51.4 Å². The minimum Gasteiger partial charge on any atom is -0.465 e. The van der Waals surface area contributed by atoms with Crippen molar-refractivity contribution in [3.63, 3.8) is 0 Å². The van der Waals surface area contributed by atoms with Crippen molar-refractivity contribution in [3.05, 3.63) is 30.3 Å². The Morgan fingerprint density at radius 2 is 1.72 bits per heavy atom. The molecule has 8 nitrogen and oxygen atoms in total. The minimum atomic E-state index is -1.25. The second kappa shape index (κ2) is 12.1. The summed E-state index contributed by atoms with van der Waals surface area (Å²) in [5.41, 5.74) is 0.681. The molecule has 1 aliphatic carbocycles. The Labute approximate surface area is 171 Å². The normalized spacial score (nSPS) is 16.4. The highest BCUT2D eigenvalue weighted by Crippen LogP contribution is 2.27. The van der Waals surface area contributed by atoms with Crippen molar-refractivity contribution in [2.75, 3.05) is 11.9 Å². The van der Waals surface area contributed by atoms with E-state index < -0.39 is 24.1 Å². The second-order valence-corrected chi connectivity index (χ2v) is 7.58. The fourth-order valence-electron chi connectivity index (χ4n) is 3.70. The Hall–Kier alpha value is -2.61. The van der Waals surface area contributed by atoms with Crippen molar-refractivity contribution < 1.29 is 24.6 Å². The van der Waals surface area contributed by atoms with E-state index in [4.69, 9.17) is 5.11 Å². The monoisotopic (exact) mass is 405 g/mol. The zero-order valence-electron chi connectivity index (χ0n) is 16.6. The summed E-state index contributed by atoms with van der Waals surface area (Å²) in [5.74, 6) is -0.359. The molecule has 2 unspecified atom stereocenters. The van der Waals surface area contributed by atoms with Gasteiger partial charge in [0.1, 0.15) is 6.04 Å². The number of para-hydroxylation sites is 1. The summed E-state index contributed by atoms with van der Waals surface area (Å²) in [7, 11) is 0. The molecule has 1 aromatic carbocycles. The molecule has 0 radical (unpaired) electrons. The van der Waals surface area contributed by atoms with E-state index >= 15 is 0 Å². The maximum atomic E-state index is 12.6. The van der Waals surface area contributed by atoms with E-state index in [0.717, 1.165) is 25.7 Å². The van der Waals surface area contributed by atoms with Gasteiger partial charge in [0.25, 0.3) is 0 Å². The largest absolute Gasteiger partial charge is 0.465 e. The topological polar surface area (TPSA) is 128 Å². The SMILES string of the molecule is O=C(O)NC(CC1CCCCC1)C(=O)NC(CO)CCC(=O)Nc1ccccc1. The van der Waals surface area contributed by atoms with Gasteiger partial charge in [-0.25, -0.2) is 4.79 Å². The van der Waals surface area contributed by atoms with Crippen LogP contribution in [-0.2, 0) is 9.59 Å². The average molecular weight is 405 g/mol. The Morgan fingerprint density at radius 1 is 1.03 bits per heavy atom. The van der Waals surface area contributed by atoms with E-state index in [9.17, 15) is 19.5 Å². The van der Waals surface area contributed by atoms with Crippen LogP contribution in [0.2, 0.25) is 0 Å². The number of carbonyl (C=O) groups excluding carboxylic acids is 2. The van der Waals surface area contributed by atoms with Gasteiger partial charge in [-0.3, -0.25) is 9.59 Å². The van der Waals surface area contributed by atoms with Crippen LogP contribution < -0.4 is 16.0 Å². The van der Waals surface area contributed by atoms with Crippen LogP contribution in [0.5, 0.6) is 0 Å². The molecule has 0 saturated heterocycles. The number of hydrogen-bond acceptors (Lipinski definition) is 4. The minimum absolute atomic E-state index is 0.125. The van der Waals surface area contributed by atoms with E-state index in [2.05, 4.69) is 16.0 Å². The summed E-state index contributed by atoms with van der Waals surface area (Å²) in [4.78, 5) is 35.8. The van der Waals surface area contributed by atoms with Gasteiger partial charge in [-0.05, 0) is 30.9 Å². The van der Waals surface area contributed by atoms with Crippen molar-refractivity contribution in [3.8, 4) is 0 Å². The van der Waals surface area contributed by atoms with E-state index in [-0.39, 0.29) is 25.4 Å². The third-order valence-electron chi connectivity index (χ3n) is 5.25. The molecule has 1 aliphatic rings. The number of carboxylic acid groups (broad SMARTS) is 1. The highest BCUT2D eigenvalue weighted by Gasteiger charge is 2.27. The summed E-state index contributed by atoms with van der Waals surface area (Å²) < 4.78 is 0. The lowest BCUT2D eigenvalue weighted by Gasteiger charge is -2.27. The molecule has 1 fully saturated rings. The summed E-state index contributed by atoms with van der Waals surface area (Å²) in [5, 5.41) is 26.4. The van der Waals surface area contributed by atoms with Crippen LogP contribution >= 0.6 is 0 Å². The fraction of sp³-hybridized carbons (Fsp3) is 0.571. The zero-order valence-corrected chi connectivity index (χ0v) is 16.6. The van der Waals surface area contributed by atoms with Crippen molar-refractivity contribution >= 4 is 23.6 Å². The van der Waals surface area contributed by atoms with Gasteiger partial charge in [0.05, 0.1) is 12.6 Å². The lowest BCUT2D eigenvalue weighted by molar-refractivity contribution is -0.125. The Kier molecular flexibility index (Phi) is 9.43. The third kappa shape index (κ3) is 8.51. The van der Waals surface area contributed by atoms with E-state index in [1.54, 1.807) is 12.1 Å². The highest BCUT2D eigenvalue weighted by molar-refractivity contribution is 5.90. The van der Waals surface area contributed by atoms with Crippen LogP contribution in [-0.4, -0.2) is 46.8 Å². The first-order chi connectivity index (χ1) is 14.0. The van der Waals surface area contributed by atoms with Crippen molar-refractivity contribution in [1.82, 2.24) is 10.6 Å². The van der Waals surface area contributed by atoms with Crippen LogP contribution in [0, 0.1) is 5.92 Å². The number of amides is 3. The molecular weight excluding hydrogens is 374 g/mol. The molecule has 5 N–H and O–H groups in total. The van der Waals surface area contributed by atoms with Gasteiger partial charge >= 0.3 is 6.09 Å². The Morgan fingerprint density at radius 3 is 2.34 bits per heavy atom. The van der Waals surface area contributed by atoms with Gasteiger partial charge in [-0.2, -0.15) is 0 Å². The maximum absolute atomic E-state index is 12.6. The fourth-order valence-corrected chi connectivity index (χ4v) is 3.70. The number of anilines is 1. The first-order valence-electron chi connectivity index (χ1n) is 10.2. The zero-order chi connectivity index (χ0) is 21.1. The lowest BCUT2D eigenvalue weighted by atomic mass is 9.84. The van der Waals surface area contributed by atoms with Gasteiger partial charge in [0.15, 0.2) is 0 Å². The molecule has 3 amide bonds. The summed E-state index contributed by atoms with van der Waals surface area (Å²) >= 11 is 0. The molecule has 160 valence electrons. The predicted octanol–water partition coefficient (Wildman–Crippen LogP) is 2.49. The number of aliphatic hydroxyl groups is 1.